The van der Waals surface area contributed by atoms with Gasteiger partial charge in [-0.3, -0.25) is 14.5 Å². The number of ether oxygens (including phenoxy) is 1. The van der Waals surface area contributed by atoms with E-state index in [1.165, 1.54) is 0 Å². The van der Waals surface area contributed by atoms with Crippen molar-refractivity contribution in [1.82, 2.24) is 15.1 Å². The number of morpholine rings is 1. The molecule has 2 saturated heterocycles. The van der Waals surface area contributed by atoms with Crippen molar-refractivity contribution in [2.75, 3.05) is 45.9 Å². The Labute approximate surface area is 152 Å². The molecule has 0 aliphatic carbocycles. The maximum absolute atomic E-state index is 12.7. The van der Waals surface area contributed by atoms with Gasteiger partial charge in [-0.05, 0) is 26.7 Å². The van der Waals surface area contributed by atoms with Crippen LogP contribution in [0.4, 0.5) is 0 Å². The first-order chi connectivity index (χ1) is 11.6. The number of nitrogens with zero attached hydrogens (tertiary/aromatic N) is 2. The van der Waals surface area contributed by atoms with Crippen LogP contribution in [0.1, 0.15) is 47.5 Å². The summed E-state index contributed by atoms with van der Waals surface area (Å²) in [6, 6.07) is 0. The summed E-state index contributed by atoms with van der Waals surface area (Å²) in [5.41, 5.74) is -0.480. The Morgan fingerprint density at radius 1 is 1.08 bits per heavy atom. The molecule has 0 aromatic heterocycles. The van der Waals surface area contributed by atoms with Crippen LogP contribution in [0.3, 0.4) is 0 Å². The molecule has 2 amide bonds. The minimum atomic E-state index is -0.392. The summed E-state index contributed by atoms with van der Waals surface area (Å²) >= 11 is 0. The lowest BCUT2D eigenvalue weighted by Gasteiger charge is -2.41. The van der Waals surface area contributed by atoms with Crippen molar-refractivity contribution < 1.29 is 14.3 Å². The fraction of sp³-hybridized carbons (Fsp3) is 0.895. The highest BCUT2D eigenvalue weighted by Crippen LogP contribution is 2.24. The van der Waals surface area contributed by atoms with Gasteiger partial charge >= 0.3 is 0 Å². The van der Waals surface area contributed by atoms with Crippen LogP contribution in [0.5, 0.6) is 0 Å². The molecule has 6 nitrogen and oxygen atoms in total. The summed E-state index contributed by atoms with van der Waals surface area (Å²) in [5, 5.41) is 3.13. The van der Waals surface area contributed by atoms with Gasteiger partial charge in [0.1, 0.15) is 0 Å². The van der Waals surface area contributed by atoms with Gasteiger partial charge in [0.05, 0.1) is 19.1 Å². The van der Waals surface area contributed by atoms with Crippen LogP contribution in [-0.2, 0) is 14.3 Å². The molecule has 1 N–H and O–H groups in total. The fourth-order valence-electron chi connectivity index (χ4n) is 3.58. The van der Waals surface area contributed by atoms with Gasteiger partial charge in [0.15, 0.2) is 0 Å². The first-order valence-corrected chi connectivity index (χ1v) is 9.51. The number of carbonyl (C=O) groups is 2. The molecule has 0 spiro atoms. The number of piperidine rings is 1. The summed E-state index contributed by atoms with van der Waals surface area (Å²) in [5.74, 6) is 0.118. The topological polar surface area (TPSA) is 61.9 Å². The van der Waals surface area contributed by atoms with Gasteiger partial charge in [0.25, 0.3) is 0 Å². The van der Waals surface area contributed by atoms with E-state index >= 15 is 0 Å². The molecular formula is C19H35N3O3. The van der Waals surface area contributed by atoms with Gasteiger partial charge < -0.3 is 15.0 Å². The van der Waals surface area contributed by atoms with E-state index in [1.54, 1.807) is 0 Å². The maximum Gasteiger partial charge on any atom is 0.227 e. The molecule has 25 heavy (non-hydrogen) atoms. The molecule has 0 aromatic rings. The van der Waals surface area contributed by atoms with Crippen LogP contribution >= 0.6 is 0 Å². The molecule has 2 heterocycles. The third-order valence-electron chi connectivity index (χ3n) is 5.28. The highest BCUT2D eigenvalue weighted by Gasteiger charge is 2.34. The van der Waals surface area contributed by atoms with Gasteiger partial charge in [-0.2, -0.15) is 0 Å². The molecule has 6 heteroatoms. The second kappa shape index (κ2) is 8.04. The Morgan fingerprint density at radius 3 is 2.32 bits per heavy atom. The zero-order valence-corrected chi connectivity index (χ0v) is 16.6. The van der Waals surface area contributed by atoms with E-state index in [0.29, 0.717) is 13.1 Å². The summed E-state index contributed by atoms with van der Waals surface area (Å²) in [6.45, 7) is 15.4. The minimum absolute atomic E-state index is 0.0766. The van der Waals surface area contributed by atoms with E-state index in [2.05, 4.69) is 24.1 Å². The zero-order valence-electron chi connectivity index (χ0n) is 16.6. The minimum Gasteiger partial charge on any atom is -0.379 e. The Bertz CT molecular complexity index is 479. The van der Waals surface area contributed by atoms with Gasteiger partial charge in [-0.1, -0.05) is 20.8 Å². The van der Waals surface area contributed by atoms with Crippen LogP contribution in [0.2, 0.25) is 0 Å². The number of hydrogen-bond donors (Lipinski definition) is 1. The van der Waals surface area contributed by atoms with Crippen molar-refractivity contribution in [2.24, 2.45) is 11.3 Å². The predicted molar refractivity (Wildman–Crippen MR) is 98.2 cm³/mol. The smallest absolute Gasteiger partial charge is 0.227 e. The second-order valence-electron chi connectivity index (χ2n) is 8.97. The largest absolute Gasteiger partial charge is 0.379 e. The first-order valence-electron chi connectivity index (χ1n) is 9.51. The third-order valence-corrected chi connectivity index (χ3v) is 5.28. The lowest BCUT2D eigenvalue weighted by molar-refractivity contribution is -0.142. The standard InChI is InChI=1S/C19H35N3O3/c1-18(2,3)17(24)21-8-6-7-15(13-21)16(23)20-14-19(4,5)22-9-11-25-12-10-22/h15H,6-14H2,1-5H3,(H,20,23). The predicted octanol–water partition coefficient (Wildman–Crippen LogP) is 1.50. The van der Waals surface area contributed by atoms with E-state index in [4.69, 9.17) is 4.74 Å². The van der Waals surface area contributed by atoms with E-state index in [-0.39, 0.29) is 23.3 Å². The van der Waals surface area contributed by atoms with Crippen molar-refractivity contribution in [3.05, 3.63) is 0 Å². The molecule has 0 radical (unpaired) electrons. The van der Waals surface area contributed by atoms with Crippen molar-refractivity contribution in [3.8, 4) is 0 Å². The Hall–Kier alpha value is -1.14. The van der Waals surface area contributed by atoms with Gasteiger partial charge in [-0.25, -0.2) is 0 Å². The SMILES string of the molecule is CC(C)(C)C(=O)N1CCCC(C(=O)NCC(C)(C)N2CCOCC2)C1. The molecule has 0 aromatic carbocycles. The average molecular weight is 354 g/mol. The normalized spacial score (nSPS) is 23.4. The van der Waals surface area contributed by atoms with Gasteiger partial charge in [0, 0.05) is 43.7 Å². The lowest BCUT2D eigenvalue weighted by Crippen LogP contribution is -2.56. The molecule has 1 atom stereocenters. The first kappa shape index (κ1) is 20.2. The van der Waals surface area contributed by atoms with Crippen molar-refractivity contribution in [3.63, 3.8) is 0 Å². The van der Waals surface area contributed by atoms with E-state index in [1.807, 2.05) is 25.7 Å². The lowest BCUT2D eigenvalue weighted by atomic mass is 9.90. The van der Waals surface area contributed by atoms with Gasteiger partial charge in [0.2, 0.25) is 11.8 Å². The molecule has 2 fully saturated rings. The molecule has 0 saturated carbocycles. The number of nitrogens with one attached hydrogen (secondary N) is 1. The van der Waals surface area contributed by atoms with Crippen molar-refractivity contribution >= 4 is 11.8 Å². The quantitative estimate of drug-likeness (QED) is 0.832. The van der Waals surface area contributed by atoms with E-state index in [0.717, 1.165) is 45.7 Å². The monoisotopic (exact) mass is 353 g/mol. The molecule has 2 rings (SSSR count). The summed E-state index contributed by atoms with van der Waals surface area (Å²) in [6.07, 6.45) is 1.75. The molecule has 0 bridgehead atoms. The Morgan fingerprint density at radius 2 is 1.72 bits per heavy atom. The molecule has 2 aliphatic rings. The summed E-state index contributed by atoms with van der Waals surface area (Å²) in [7, 11) is 0. The summed E-state index contributed by atoms with van der Waals surface area (Å²) < 4.78 is 5.41. The number of carbonyl (C=O) groups excluding carboxylic acids is 2. The molecular weight excluding hydrogens is 318 g/mol. The van der Waals surface area contributed by atoms with Crippen LogP contribution in [-0.4, -0.2) is 73.1 Å². The second-order valence-corrected chi connectivity index (χ2v) is 8.97. The molecule has 2 aliphatic heterocycles. The van der Waals surface area contributed by atoms with Crippen LogP contribution in [0.15, 0.2) is 0 Å². The van der Waals surface area contributed by atoms with Crippen molar-refractivity contribution in [1.29, 1.82) is 0 Å². The van der Waals surface area contributed by atoms with E-state index in [9.17, 15) is 9.59 Å². The number of amides is 2. The number of likely N-dealkylation sites (tertiary alicyclic amines) is 1. The van der Waals surface area contributed by atoms with Crippen LogP contribution in [0.25, 0.3) is 0 Å². The molecule has 1 unspecified atom stereocenters. The highest BCUT2D eigenvalue weighted by atomic mass is 16.5. The zero-order chi connectivity index (χ0) is 18.7. The van der Waals surface area contributed by atoms with E-state index < -0.39 is 5.41 Å². The van der Waals surface area contributed by atoms with Crippen LogP contribution < -0.4 is 5.32 Å². The highest BCUT2D eigenvalue weighted by molar-refractivity contribution is 5.83. The average Bonchev–Trinajstić information content (AvgIpc) is 2.59. The van der Waals surface area contributed by atoms with Crippen LogP contribution in [0, 0.1) is 11.3 Å². The summed E-state index contributed by atoms with van der Waals surface area (Å²) in [4.78, 5) is 29.4. The maximum atomic E-state index is 12.7. The van der Waals surface area contributed by atoms with Gasteiger partial charge in [-0.15, -0.1) is 0 Å². The number of hydrogen-bond acceptors (Lipinski definition) is 4. The van der Waals surface area contributed by atoms with Crippen molar-refractivity contribution in [2.45, 2.75) is 53.0 Å². The Balaban J connectivity index is 1.86. The number of rotatable bonds is 4. The Kier molecular flexibility index (Phi) is 6.49. The molecule has 144 valence electrons. The fourth-order valence-corrected chi connectivity index (χ4v) is 3.58. The third kappa shape index (κ3) is 5.42.